The number of ether oxygens (including phenoxy) is 1. The number of nitrogens with zero attached hydrogens (tertiary/aromatic N) is 1. The highest BCUT2D eigenvalue weighted by Crippen LogP contribution is 2.53. The van der Waals surface area contributed by atoms with Crippen molar-refractivity contribution in [3.63, 3.8) is 0 Å². The molecule has 3 aliphatic heterocycles. The topological polar surface area (TPSA) is 91.4 Å². The van der Waals surface area contributed by atoms with Crippen LogP contribution in [-0.2, 0) is 32.5 Å². The van der Waals surface area contributed by atoms with Crippen LogP contribution in [0.3, 0.4) is 0 Å². The second kappa shape index (κ2) is 10.3. The molecule has 0 aliphatic carbocycles. The van der Waals surface area contributed by atoms with E-state index in [-0.39, 0.29) is 49.0 Å². The molecule has 0 unspecified atom stereocenters. The highest BCUT2D eigenvalue weighted by Gasteiger charge is 2.62. The minimum atomic E-state index is -4.20. The Morgan fingerprint density at radius 3 is 1.81 bits per heavy atom. The van der Waals surface area contributed by atoms with Gasteiger partial charge in [-0.2, -0.15) is 0 Å². The molecule has 4 atom stereocenters. The van der Waals surface area contributed by atoms with Gasteiger partial charge in [-0.25, -0.2) is 4.57 Å². The van der Waals surface area contributed by atoms with Gasteiger partial charge in [-0.05, 0) is 25.7 Å². The van der Waals surface area contributed by atoms with Gasteiger partial charge < -0.3 is 4.74 Å². The van der Waals surface area contributed by atoms with Crippen molar-refractivity contribution in [2.24, 2.45) is 11.8 Å². The Labute approximate surface area is 209 Å². The van der Waals surface area contributed by atoms with Crippen molar-refractivity contribution in [3.05, 3.63) is 0 Å². The molecule has 2 amide bonds. The summed E-state index contributed by atoms with van der Waals surface area (Å²) >= 11 is 33.6. The molecule has 8 nitrogen and oxygen atoms in total. The average Bonchev–Trinajstić information content (AvgIpc) is 3.33. The number of likely N-dealkylation sites (tertiary alicyclic amines) is 1. The Hall–Kier alpha value is 0.950. The van der Waals surface area contributed by atoms with Crippen LogP contribution in [0.2, 0.25) is 0 Å². The van der Waals surface area contributed by atoms with Crippen LogP contribution in [0.25, 0.3) is 0 Å². The number of carbonyl (C=O) groups excluding carboxylic acids is 2. The lowest BCUT2D eigenvalue weighted by molar-refractivity contribution is -0.142. The zero-order chi connectivity index (χ0) is 23.0. The van der Waals surface area contributed by atoms with E-state index in [9.17, 15) is 14.2 Å². The molecule has 3 rings (SSSR count). The fraction of sp³-hybridized carbons (Fsp3) is 0.875. The van der Waals surface area contributed by atoms with E-state index in [1.54, 1.807) is 0 Å². The van der Waals surface area contributed by atoms with Gasteiger partial charge in [-0.15, -0.1) is 0 Å². The van der Waals surface area contributed by atoms with E-state index in [4.69, 9.17) is 87.9 Å². The smallest absolute Gasteiger partial charge is 0.373 e. The van der Waals surface area contributed by atoms with Crippen molar-refractivity contribution in [2.45, 2.75) is 45.5 Å². The van der Waals surface area contributed by atoms with Crippen LogP contribution in [0.5, 0.6) is 0 Å². The number of halogens is 6. The molecule has 0 aromatic heterocycles. The second-order valence-corrected chi connectivity index (χ2v) is 14.1. The summed E-state index contributed by atoms with van der Waals surface area (Å²) in [6.45, 7) is -1.03. The molecule has 0 radical (unpaired) electrons. The predicted octanol–water partition coefficient (Wildman–Crippen LogP) is 4.83. The Morgan fingerprint density at radius 2 is 1.35 bits per heavy atom. The normalized spacial score (nSPS) is 28.6. The largest absolute Gasteiger partial charge is 0.475 e. The molecule has 3 saturated heterocycles. The summed E-state index contributed by atoms with van der Waals surface area (Å²) in [6, 6.07) is 0. The SMILES string of the molecule is O=C1[C@@H]2[C@H](C(=O)N1CCCCOP(=O)(OCC(Cl)(Cl)Cl)OCC(Cl)(Cl)Cl)[C@H]1CC[C@@H]2O1. The number of hydrogen-bond acceptors (Lipinski definition) is 7. The molecule has 15 heteroatoms. The standard InChI is InChI=1S/C16H20Cl6NO7P/c17-15(18,19)7-28-31(26,29-8-16(20,21)22)27-6-2-1-5-23-13(24)11-9-3-4-10(30-9)12(11)14(23)25/h9-12H,1-8H2/t9-,10+,11-,12+. The van der Waals surface area contributed by atoms with Crippen molar-refractivity contribution in [3.8, 4) is 0 Å². The van der Waals surface area contributed by atoms with Crippen LogP contribution < -0.4 is 0 Å². The molecule has 178 valence electrons. The van der Waals surface area contributed by atoms with Gasteiger partial charge in [0.2, 0.25) is 19.4 Å². The summed E-state index contributed by atoms with van der Waals surface area (Å²) in [5, 5.41) is 0. The van der Waals surface area contributed by atoms with E-state index < -0.39 is 28.6 Å². The minimum absolute atomic E-state index is 0.0889. The number of alkyl halides is 6. The Bertz CT molecular complexity index is 695. The fourth-order valence-corrected chi connectivity index (χ4v) is 6.02. The van der Waals surface area contributed by atoms with Crippen molar-refractivity contribution in [1.82, 2.24) is 4.90 Å². The van der Waals surface area contributed by atoms with E-state index in [0.717, 1.165) is 12.8 Å². The quantitative estimate of drug-likeness (QED) is 0.158. The molecule has 31 heavy (non-hydrogen) atoms. The number of carbonyl (C=O) groups is 2. The monoisotopic (exact) mass is 579 g/mol. The van der Waals surface area contributed by atoms with Gasteiger partial charge >= 0.3 is 7.82 Å². The van der Waals surface area contributed by atoms with E-state index in [1.807, 2.05) is 0 Å². The fourth-order valence-electron chi connectivity index (χ4n) is 3.96. The number of phosphoric ester groups is 1. The maximum Gasteiger partial charge on any atom is 0.475 e. The maximum atomic E-state index is 12.7. The number of hydrogen-bond donors (Lipinski definition) is 0. The molecule has 3 aliphatic rings. The molecule has 0 N–H and O–H groups in total. The summed E-state index contributed by atoms with van der Waals surface area (Å²) in [7, 11) is -4.20. The van der Waals surface area contributed by atoms with Crippen molar-refractivity contribution < 1.29 is 32.5 Å². The first kappa shape index (κ1) is 26.6. The van der Waals surface area contributed by atoms with E-state index in [0.29, 0.717) is 12.8 Å². The van der Waals surface area contributed by atoms with Gasteiger partial charge in [0, 0.05) is 6.54 Å². The van der Waals surface area contributed by atoms with Gasteiger partial charge in [0.25, 0.3) is 0 Å². The molecule has 2 bridgehead atoms. The first-order valence-corrected chi connectivity index (χ1v) is 13.2. The Balaban J connectivity index is 1.45. The third-order valence-electron chi connectivity index (χ3n) is 5.17. The molecule has 0 aromatic rings. The average molecular weight is 582 g/mol. The Morgan fingerprint density at radius 1 is 0.871 bits per heavy atom. The van der Waals surface area contributed by atoms with Crippen molar-refractivity contribution >= 4 is 89.2 Å². The number of unbranched alkanes of at least 4 members (excludes halogenated alkanes) is 1. The summed E-state index contributed by atoms with van der Waals surface area (Å²) in [5.41, 5.74) is 0. The number of phosphoric acid groups is 1. The van der Waals surface area contributed by atoms with E-state index in [2.05, 4.69) is 0 Å². The lowest BCUT2D eigenvalue weighted by Gasteiger charge is -2.22. The predicted molar refractivity (Wildman–Crippen MR) is 117 cm³/mol. The van der Waals surface area contributed by atoms with Crippen LogP contribution in [0.4, 0.5) is 0 Å². The van der Waals surface area contributed by atoms with Crippen LogP contribution in [-0.4, -0.2) is 62.9 Å². The van der Waals surface area contributed by atoms with Crippen LogP contribution in [0.1, 0.15) is 25.7 Å². The van der Waals surface area contributed by atoms with Gasteiger partial charge in [0.05, 0.1) is 30.7 Å². The van der Waals surface area contributed by atoms with Crippen LogP contribution in [0, 0.1) is 11.8 Å². The summed E-state index contributed by atoms with van der Waals surface area (Å²) in [5.74, 6) is -1.11. The van der Waals surface area contributed by atoms with Gasteiger partial charge in [-0.1, -0.05) is 69.6 Å². The van der Waals surface area contributed by atoms with E-state index in [1.165, 1.54) is 4.90 Å². The highest BCUT2D eigenvalue weighted by molar-refractivity contribution is 7.48. The molecule has 0 spiro atoms. The summed E-state index contributed by atoms with van der Waals surface area (Å²) in [4.78, 5) is 26.5. The molecule has 0 saturated carbocycles. The lowest BCUT2D eigenvalue weighted by atomic mass is 9.81. The first-order valence-electron chi connectivity index (χ1n) is 9.47. The number of amides is 2. The number of rotatable bonds is 10. The molecule has 0 aromatic carbocycles. The summed E-state index contributed by atoms with van der Waals surface area (Å²) in [6.07, 6.45) is 2.07. The first-order chi connectivity index (χ1) is 14.3. The third-order valence-corrected chi connectivity index (χ3v) is 7.22. The van der Waals surface area contributed by atoms with Crippen LogP contribution >= 0.6 is 77.4 Å². The lowest BCUT2D eigenvalue weighted by Crippen LogP contribution is -2.35. The van der Waals surface area contributed by atoms with Crippen LogP contribution in [0.15, 0.2) is 0 Å². The molecular formula is C16H20Cl6NO7P. The van der Waals surface area contributed by atoms with Gasteiger partial charge in [-0.3, -0.25) is 28.1 Å². The Kier molecular flexibility index (Phi) is 8.81. The zero-order valence-electron chi connectivity index (χ0n) is 16.0. The van der Waals surface area contributed by atoms with Gasteiger partial charge in [0.1, 0.15) is 13.2 Å². The number of imide groups is 1. The van der Waals surface area contributed by atoms with Crippen molar-refractivity contribution in [1.29, 1.82) is 0 Å². The van der Waals surface area contributed by atoms with Crippen molar-refractivity contribution in [2.75, 3.05) is 26.4 Å². The molecule has 3 heterocycles. The minimum Gasteiger partial charge on any atom is -0.373 e. The molecular weight excluding hydrogens is 562 g/mol. The van der Waals surface area contributed by atoms with E-state index >= 15 is 0 Å². The second-order valence-electron chi connectivity index (χ2n) is 7.43. The highest BCUT2D eigenvalue weighted by atomic mass is 35.6. The third kappa shape index (κ3) is 6.98. The summed E-state index contributed by atoms with van der Waals surface area (Å²) < 4.78 is 29.9. The van der Waals surface area contributed by atoms with Gasteiger partial charge in [0.15, 0.2) is 0 Å². The zero-order valence-corrected chi connectivity index (χ0v) is 21.4. The number of fused-ring (bicyclic) bond motifs is 5. The molecule has 3 fully saturated rings. The maximum absolute atomic E-state index is 12.7.